The maximum atomic E-state index is 2.55. The zero-order chi connectivity index (χ0) is 39.2. The Kier molecular flexibility index (Phi) is 7.31. The van der Waals surface area contributed by atoms with Crippen molar-refractivity contribution in [1.82, 2.24) is 9.13 Å². The molecule has 2 nitrogen and oxygen atoms in total. The summed E-state index contributed by atoms with van der Waals surface area (Å²) < 4.78 is 4.94. The van der Waals surface area contributed by atoms with Gasteiger partial charge in [-0.3, -0.25) is 0 Å². The molecule has 2 heteroatoms. The molecule has 0 spiro atoms. The molecule has 0 bridgehead atoms. The molecule has 0 saturated heterocycles. The van der Waals surface area contributed by atoms with Crippen LogP contribution in [0.5, 0.6) is 0 Å². The first kappa shape index (κ1) is 33.7. The Bertz CT molecular complexity index is 3440. The molecule has 0 saturated carbocycles. The summed E-state index contributed by atoms with van der Waals surface area (Å²) in [6.07, 6.45) is 0. The highest BCUT2D eigenvalue weighted by molar-refractivity contribution is 6.13. The Morgan fingerprint density at radius 2 is 0.847 bits per heavy atom. The molecular formula is C57H40N2. The van der Waals surface area contributed by atoms with Crippen LogP contribution in [0.1, 0.15) is 25.0 Å². The minimum Gasteiger partial charge on any atom is -0.309 e. The summed E-state index contributed by atoms with van der Waals surface area (Å²) in [6.45, 7) is 4.76. The van der Waals surface area contributed by atoms with E-state index in [1.807, 2.05) is 0 Å². The molecule has 0 unspecified atom stereocenters. The molecule has 1 aliphatic carbocycles. The molecular weight excluding hydrogens is 713 g/mol. The highest BCUT2D eigenvalue weighted by Gasteiger charge is 2.36. The van der Waals surface area contributed by atoms with Gasteiger partial charge in [0.2, 0.25) is 0 Å². The second kappa shape index (κ2) is 12.8. The van der Waals surface area contributed by atoms with Gasteiger partial charge in [0, 0.05) is 38.2 Å². The predicted molar refractivity (Wildman–Crippen MR) is 249 cm³/mol. The fourth-order valence-corrected chi connectivity index (χ4v) is 10.1. The molecule has 1 aliphatic rings. The van der Waals surface area contributed by atoms with Gasteiger partial charge in [-0.25, -0.2) is 0 Å². The predicted octanol–water partition coefficient (Wildman–Crippen LogP) is 15.2. The first-order chi connectivity index (χ1) is 29.0. The molecule has 2 heterocycles. The third kappa shape index (κ3) is 5.00. The Morgan fingerprint density at radius 3 is 1.56 bits per heavy atom. The number of fused-ring (bicyclic) bond motifs is 9. The van der Waals surface area contributed by atoms with E-state index in [4.69, 9.17) is 0 Å². The highest BCUT2D eigenvalue weighted by atomic mass is 15.0. The maximum absolute atomic E-state index is 2.55. The van der Waals surface area contributed by atoms with E-state index in [2.05, 4.69) is 229 Å². The molecule has 0 amide bonds. The molecule has 59 heavy (non-hydrogen) atoms. The van der Waals surface area contributed by atoms with E-state index < -0.39 is 0 Å². The van der Waals surface area contributed by atoms with Gasteiger partial charge < -0.3 is 9.13 Å². The fourth-order valence-electron chi connectivity index (χ4n) is 10.1. The summed E-state index contributed by atoms with van der Waals surface area (Å²) in [6, 6.07) is 76.2. The van der Waals surface area contributed by atoms with E-state index >= 15 is 0 Å². The number of hydrogen-bond acceptors (Lipinski definition) is 0. The van der Waals surface area contributed by atoms with Crippen molar-refractivity contribution in [3.63, 3.8) is 0 Å². The molecule has 12 rings (SSSR count). The number of rotatable bonds is 5. The Hall–Kier alpha value is -7.42. The van der Waals surface area contributed by atoms with Gasteiger partial charge in [0.05, 0.1) is 27.8 Å². The minimum absolute atomic E-state index is 0.125. The lowest BCUT2D eigenvalue weighted by Crippen LogP contribution is -2.15. The van der Waals surface area contributed by atoms with Crippen LogP contribution in [0.3, 0.4) is 0 Å². The standard InChI is InChI=1S/C57H40N2/c1-57(2)50-27-15-12-24-41(50)47-34-49-43-26-14-17-29-53(43)59(56(49)36-51(47)57)55-35-45(44(37-18-6-3-7-19-37)33-46(55)38-20-8-4-9-21-38)39-30-31-54-48(32-39)42-25-13-16-28-52(42)58(54)40-22-10-5-11-23-40/h3-36H,1-2H3. The molecule has 11 aromatic rings. The lowest BCUT2D eigenvalue weighted by molar-refractivity contribution is 0.661. The van der Waals surface area contributed by atoms with E-state index in [1.54, 1.807) is 0 Å². The number of para-hydroxylation sites is 3. The zero-order valence-corrected chi connectivity index (χ0v) is 33.0. The number of benzene rings is 9. The SMILES string of the molecule is CC1(C)c2ccccc2-c2cc3c4ccccc4n(-c4cc(-c5ccc6c(c5)c5ccccc5n6-c5ccccc5)c(-c5ccccc5)cc4-c4ccccc4)c3cc21. The van der Waals surface area contributed by atoms with Crippen molar-refractivity contribution in [1.29, 1.82) is 0 Å². The highest BCUT2D eigenvalue weighted by Crippen LogP contribution is 2.52. The van der Waals surface area contributed by atoms with E-state index in [0.29, 0.717) is 0 Å². The van der Waals surface area contributed by atoms with Crippen molar-refractivity contribution in [3.8, 4) is 55.9 Å². The molecule has 278 valence electrons. The summed E-state index contributed by atoms with van der Waals surface area (Å²) in [5, 5.41) is 5.02. The van der Waals surface area contributed by atoms with Crippen LogP contribution < -0.4 is 0 Å². The van der Waals surface area contributed by atoms with Crippen LogP contribution >= 0.6 is 0 Å². The molecule has 0 fully saturated rings. The van der Waals surface area contributed by atoms with Gasteiger partial charge >= 0.3 is 0 Å². The van der Waals surface area contributed by atoms with Gasteiger partial charge in [0.1, 0.15) is 0 Å². The van der Waals surface area contributed by atoms with Crippen LogP contribution in [-0.2, 0) is 5.41 Å². The summed E-state index contributed by atoms with van der Waals surface area (Å²) in [4.78, 5) is 0. The molecule has 0 atom stereocenters. The van der Waals surface area contributed by atoms with Crippen molar-refractivity contribution >= 4 is 43.6 Å². The minimum atomic E-state index is -0.125. The first-order valence-electron chi connectivity index (χ1n) is 20.6. The third-order valence-corrected chi connectivity index (χ3v) is 12.9. The van der Waals surface area contributed by atoms with Crippen molar-refractivity contribution in [3.05, 3.63) is 217 Å². The zero-order valence-electron chi connectivity index (χ0n) is 33.0. The van der Waals surface area contributed by atoms with E-state index in [1.165, 1.54) is 99.2 Å². The molecule has 9 aromatic carbocycles. The second-order valence-electron chi connectivity index (χ2n) is 16.5. The quantitative estimate of drug-likeness (QED) is 0.166. The molecule has 2 aromatic heterocycles. The van der Waals surface area contributed by atoms with Gasteiger partial charge in [0.25, 0.3) is 0 Å². The lowest BCUT2D eigenvalue weighted by Gasteiger charge is -2.22. The largest absolute Gasteiger partial charge is 0.309 e. The summed E-state index contributed by atoms with van der Waals surface area (Å²) in [5.41, 5.74) is 19.6. The monoisotopic (exact) mass is 752 g/mol. The van der Waals surface area contributed by atoms with E-state index in [9.17, 15) is 0 Å². The first-order valence-corrected chi connectivity index (χ1v) is 20.6. The van der Waals surface area contributed by atoms with Crippen molar-refractivity contribution < 1.29 is 0 Å². The van der Waals surface area contributed by atoms with Gasteiger partial charge in [-0.2, -0.15) is 0 Å². The molecule has 0 radical (unpaired) electrons. The van der Waals surface area contributed by atoms with Crippen LogP contribution in [0.25, 0.3) is 99.5 Å². The average Bonchev–Trinajstić information content (AvgIpc) is 3.88. The number of nitrogens with zero attached hydrogens (tertiary/aromatic N) is 2. The Morgan fingerprint density at radius 1 is 0.305 bits per heavy atom. The van der Waals surface area contributed by atoms with Gasteiger partial charge in [-0.1, -0.05) is 159 Å². The second-order valence-corrected chi connectivity index (χ2v) is 16.5. The number of aromatic nitrogens is 2. The van der Waals surface area contributed by atoms with Gasteiger partial charge in [-0.05, 0) is 111 Å². The smallest absolute Gasteiger partial charge is 0.0547 e. The topological polar surface area (TPSA) is 9.86 Å². The fraction of sp³-hybridized carbons (Fsp3) is 0.0526. The third-order valence-electron chi connectivity index (χ3n) is 12.9. The maximum Gasteiger partial charge on any atom is 0.0547 e. The normalized spacial score (nSPS) is 13.1. The average molecular weight is 753 g/mol. The number of hydrogen-bond donors (Lipinski definition) is 0. The van der Waals surface area contributed by atoms with Crippen molar-refractivity contribution in [2.24, 2.45) is 0 Å². The van der Waals surface area contributed by atoms with Crippen LogP contribution in [0.2, 0.25) is 0 Å². The van der Waals surface area contributed by atoms with Crippen molar-refractivity contribution in [2.45, 2.75) is 19.3 Å². The Labute approximate surface area is 343 Å². The summed E-state index contributed by atoms with van der Waals surface area (Å²) in [5.74, 6) is 0. The summed E-state index contributed by atoms with van der Waals surface area (Å²) in [7, 11) is 0. The van der Waals surface area contributed by atoms with E-state index in [-0.39, 0.29) is 5.41 Å². The van der Waals surface area contributed by atoms with Crippen LogP contribution in [0, 0.1) is 0 Å². The summed E-state index contributed by atoms with van der Waals surface area (Å²) >= 11 is 0. The van der Waals surface area contributed by atoms with Crippen LogP contribution in [0.15, 0.2) is 206 Å². The van der Waals surface area contributed by atoms with E-state index in [0.717, 1.165) is 11.4 Å². The molecule has 0 aliphatic heterocycles. The molecule has 0 N–H and O–H groups in total. The van der Waals surface area contributed by atoms with Crippen molar-refractivity contribution in [2.75, 3.05) is 0 Å². The Balaban J connectivity index is 1.19. The van der Waals surface area contributed by atoms with Gasteiger partial charge in [0.15, 0.2) is 0 Å². The lowest BCUT2D eigenvalue weighted by atomic mass is 9.82. The van der Waals surface area contributed by atoms with Crippen LogP contribution in [-0.4, -0.2) is 9.13 Å². The van der Waals surface area contributed by atoms with Crippen LogP contribution in [0.4, 0.5) is 0 Å². The van der Waals surface area contributed by atoms with Gasteiger partial charge in [-0.15, -0.1) is 0 Å².